The van der Waals surface area contributed by atoms with Crippen LogP contribution in [0.2, 0.25) is 0 Å². The first-order valence-corrected chi connectivity index (χ1v) is 26.5. The summed E-state index contributed by atoms with van der Waals surface area (Å²) in [5, 5.41) is 4.38. The second-order valence-electron chi connectivity index (χ2n) is 20.2. The monoisotopic (exact) mass is 983 g/mol. The summed E-state index contributed by atoms with van der Waals surface area (Å²) in [5.41, 5.74) is 23.0. The van der Waals surface area contributed by atoms with E-state index in [-0.39, 0.29) is 0 Å². The van der Waals surface area contributed by atoms with E-state index in [4.69, 9.17) is 8.83 Å². The van der Waals surface area contributed by atoms with Crippen molar-refractivity contribution in [1.82, 2.24) is 0 Å². The van der Waals surface area contributed by atoms with Gasteiger partial charge in [-0.2, -0.15) is 0 Å². The minimum Gasteiger partial charge on any atom is -0.456 e. The number of hydrogen-bond acceptors (Lipinski definition) is 3. The van der Waals surface area contributed by atoms with Crippen molar-refractivity contribution >= 4 is 55.3 Å². The maximum atomic E-state index is 6.69. The molecule has 0 spiro atoms. The minimum absolute atomic E-state index is 0.538. The third-order valence-corrected chi connectivity index (χ3v) is 16.1. The SMILES string of the molecule is c1ccc(-c2ccc(CN(c3ccc(-c4c(-c5ccc6oc7ccccc7c6c5-c5ccccc5)ccc5oc6ccccc6c45)cc3)c3cccc4c3-c3ccccc3C4(c3ccccc3)c3ccccc3)cc2)cc1. The smallest absolute Gasteiger partial charge is 0.136 e. The Kier molecular flexibility index (Phi) is 10.5. The third kappa shape index (κ3) is 7.12. The van der Waals surface area contributed by atoms with Gasteiger partial charge >= 0.3 is 0 Å². The fourth-order valence-electron chi connectivity index (χ4n) is 12.7. The molecule has 1 aliphatic rings. The Morgan fingerprint density at radius 1 is 0.299 bits per heavy atom. The van der Waals surface area contributed by atoms with E-state index in [1.165, 1.54) is 50.1 Å². The van der Waals surface area contributed by atoms with Crippen LogP contribution < -0.4 is 4.90 Å². The first-order valence-electron chi connectivity index (χ1n) is 26.5. The van der Waals surface area contributed by atoms with Gasteiger partial charge in [-0.3, -0.25) is 0 Å². The van der Waals surface area contributed by atoms with Crippen molar-refractivity contribution < 1.29 is 8.83 Å². The van der Waals surface area contributed by atoms with Crippen molar-refractivity contribution in [2.45, 2.75) is 12.0 Å². The quantitative estimate of drug-likeness (QED) is 0.137. The Morgan fingerprint density at radius 3 is 1.34 bits per heavy atom. The number of anilines is 2. The van der Waals surface area contributed by atoms with E-state index in [9.17, 15) is 0 Å². The summed E-state index contributed by atoms with van der Waals surface area (Å²) in [4.78, 5) is 2.53. The molecule has 0 atom stereocenters. The van der Waals surface area contributed by atoms with Crippen LogP contribution in [0.25, 0.3) is 99.5 Å². The lowest BCUT2D eigenvalue weighted by Crippen LogP contribution is -2.28. The number of furan rings is 2. The molecule has 0 bridgehead atoms. The molecule has 0 fully saturated rings. The lowest BCUT2D eigenvalue weighted by Gasteiger charge is -2.34. The second-order valence-corrected chi connectivity index (χ2v) is 20.2. The summed E-state index contributed by atoms with van der Waals surface area (Å²) in [6.45, 7) is 0.642. The lowest BCUT2D eigenvalue weighted by atomic mass is 9.68. The van der Waals surface area contributed by atoms with Crippen LogP contribution in [0.1, 0.15) is 27.8 Å². The second kappa shape index (κ2) is 18.2. The molecule has 14 aromatic rings. The van der Waals surface area contributed by atoms with Crippen molar-refractivity contribution in [2.75, 3.05) is 4.90 Å². The van der Waals surface area contributed by atoms with E-state index < -0.39 is 5.41 Å². The number of rotatable bonds is 10. The number of hydrogen-bond donors (Lipinski definition) is 0. The van der Waals surface area contributed by atoms with Crippen LogP contribution in [0, 0.1) is 0 Å². The summed E-state index contributed by atoms with van der Waals surface area (Å²) in [6, 6.07) is 104. The largest absolute Gasteiger partial charge is 0.456 e. The predicted octanol–water partition coefficient (Wildman–Crippen LogP) is 19.9. The Hall–Kier alpha value is -9.96. The molecular weight excluding hydrogens is 935 g/mol. The average Bonchev–Trinajstić information content (AvgIpc) is 4.39. The summed E-state index contributed by atoms with van der Waals surface area (Å²) >= 11 is 0. The molecule has 0 saturated heterocycles. The van der Waals surface area contributed by atoms with Gasteiger partial charge in [-0.1, -0.05) is 231 Å². The number of benzene rings is 12. The molecule has 12 aromatic carbocycles. The van der Waals surface area contributed by atoms with Crippen LogP contribution in [0.4, 0.5) is 11.4 Å². The van der Waals surface area contributed by atoms with E-state index >= 15 is 0 Å². The molecule has 0 aliphatic heterocycles. The van der Waals surface area contributed by atoms with E-state index in [1.807, 2.05) is 6.07 Å². The van der Waals surface area contributed by atoms with Gasteiger partial charge in [0.25, 0.3) is 0 Å². The normalized spacial score (nSPS) is 12.6. The number of fused-ring (bicyclic) bond motifs is 9. The van der Waals surface area contributed by atoms with Crippen LogP contribution in [0.15, 0.2) is 294 Å². The molecule has 1 aliphatic carbocycles. The molecule has 0 radical (unpaired) electrons. The molecular formula is C74H49NO2. The van der Waals surface area contributed by atoms with Gasteiger partial charge in [-0.25, -0.2) is 0 Å². The maximum absolute atomic E-state index is 6.69. The number of para-hydroxylation sites is 2. The van der Waals surface area contributed by atoms with Gasteiger partial charge in [-0.05, 0) is 121 Å². The highest BCUT2D eigenvalue weighted by molar-refractivity contribution is 6.20. The molecule has 2 heterocycles. The molecule has 0 unspecified atom stereocenters. The Balaban J connectivity index is 0.950. The van der Waals surface area contributed by atoms with Crippen LogP contribution in [0.3, 0.4) is 0 Å². The van der Waals surface area contributed by atoms with Gasteiger partial charge in [0, 0.05) is 56.2 Å². The van der Waals surface area contributed by atoms with Crippen LogP contribution in [-0.2, 0) is 12.0 Å². The van der Waals surface area contributed by atoms with E-state index in [2.05, 4.69) is 284 Å². The standard InChI is InChI=1S/C74H49NO2/c1-5-20-50(21-6-1)51-38-36-49(37-39-51)48-75(64-33-19-32-63-71(64)59-28-13-16-31-62(59)74(63,54-24-9-3-10-25-54)55-26-11-4-12-27-55)56-42-40-53(41-43-56)70-58(45-47-68-73(70)61-30-15-18-35-66(61)77-68)57-44-46-67-72(60-29-14-17-34-65(60)76-67)69(57)52-22-7-2-8-23-52/h1-47H,48H2. The van der Waals surface area contributed by atoms with Crippen molar-refractivity contribution in [1.29, 1.82) is 0 Å². The van der Waals surface area contributed by atoms with E-state index in [0.29, 0.717) is 6.54 Å². The highest BCUT2D eigenvalue weighted by Gasteiger charge is 2.47. The molecule has 2 aromatic heterocycles. The van der Waals surface area contributed by atoms with Crippen molar-refractivity contribution in [3.63, 3.8) is 0 Å². The zero-order valence-corrected chi connectivity index (χ0v) is 42.1. The van der Waals surface area contributed by atoms with Crippen molar-refractivity contribution in [3.05, 3.63) is 313 Å². The van der Waals surface area contributed by atoms with Gasteiger partial charge < -0.3 is 13.7 Å². The Morgan fingerprint density at radius 2 is 0.753 bits per heavy atom. The molecule has 3 heteroatoms. The molecule has 0 amide bonds. The molecule has 362 valence electrons. The van der Waals surface area contributed by atoms with Gasteiger partial charge in [0.1, 0.15) is 22.3 Å². The molecule has 77 heavy (non-hydrogen) atoms. The Labute approximate surface area is 447 Å². The fraction of sp³-hybridized carbons (Fsp3) is 0.0270. The zero-order chi connectivity index (χ0) is 50.9. The average molecular weight is 984 g/mol. The fourth-order valence-corrected chi connectivity index (χ4v) is 12.7. The highest BCUT2D eigenvalue weighted by Crippen LogP contribution is 2.59. The van der Waals surface area contributed by atoms with Gasteiger partial charge in [0.2, 0.25) is 0 Å². The molecule has 3 nitrogen and oxygen atoms in total. The van der Waals surface area contributed by atoms with Crippen molar-refractivity contribution in [2.24, 2.45) is 0 Å². The first-order chi connectivity index (χ1) is 38.2. The maximum Gasteiger partial charge on any atom is 0.136 e. The topological polar surface area (TPSA) is 29.5 Å². The van der Waals surface area contributed by atoms with Gasteiger partial charge in [0.05, 0.1) is 5.41 Å². The summed E-state index contributed by atoms with van der Waals surface area (Å²) < 4.78 is 13.2. The highest BCUT2D eigenvalue weighted by atomic mass is 16.3. The summed E-state index contributed by atoms with van der Waals surface area (Å²) in [6.07, 6.45) is 0. The van der Waals surface area contributed by atoms with Crippen LogP contribution in [0.5, 0.6) is 0 Å². The zero-order valence-electron chi connectivity index (χ0n) is 42.1. The summed E-state index contributed by atoms with van der Waals surface area (Å²) in [5.74, 6) is 0. The third-order valence-electron chi connectivity index (χ3n) is 16.1. The van der Waals surface area contributed by atoms with Crippen LogP contribution >= 0.6 is 0 Å². The minimum atomic E-state index is -0.538. The van der Waals surface area contributed by atoms with Gasteiger partial charge in [0.15, 0.2) is 0 Å². The molecule has 0 N–H and O–H groups in total. The number of nitrogens with zero attached hydrogens (tertiary/aromatic N) is 1. The predicted molar refractivity (Wildman–Crippen MR) is 319 cm³/mol. The Bertz CT molecular complexity index is 4460. The first kappa shape index (κ1) is 44.5. The van der Waals surface area contributed by atoms with Crippen molar-refractivity contribution in [3.8, 4) is 55.6 Å². The van der Waals surface area contributed by atoms with Gasteiger partial charge in [-0.15, -0.1) is 0 Å². The lowest BCUT2D eigenvalue weighted by molar-refractivity contribution is 0.668. The molecule has 0 saturated carbocycles. The van der Waals surface area contributed by atoms with Crippen LogP contribution in [-0.4, -0.2) is 0 Å². The van der Waals surface area contributed by atoms with E-state index in [1.54, 1.807) is 0 Å². The molecule has 15 rings (SSSR count). The van der Waals surface area contributed by atoms with E-state index in [0.717, 1.165) is 88.6 Å². The summed E-state index contributed by atoms with van der Waals surface area (Å²) in [7, 11) is 0.